The Morgan fingerprint density at radius 2 is 2.03 bits per heavy atom. The number of anilines is 2. The molecule has 31 heavy (non-hydrogen) atoms. The molecule has 1 aliphatic heterocycles. The van der Waals surface area contributed by atoms with Crippen molar-refractivity contribution in [3.05, 3.63) is 47.7 Å². The number of fused-ring (bicyclic) bond motifs is 1. The minimum atomic E-state index is -4.77. The third-order valence-corrected chi connectivity index (χ3v) is 5.24. The Morgan fingerprint density at radius 1 is 1.32 bits per heavy atom. The highest BCUT2D eigenvalue weighted by Gasteiger charge is 2.33. The van der Waals surface area contributed by atoms with E-state index in [9.17, 15) is 22.8 Å². The Bertz CT molecular complexity index is 990. The van der Waals surface area contributed by atoms with Gasteiger partial charge >= 0.3 is 12.4 Å². The normalized spacial score (nSPS) is 16.9. The minimum absolute atomic E-state index is 0.177. The lowest BCUT2D eigenvalue weighted by Crippen LogP contribution is -2.48. The molecule has 0 saturated heterocycles. The molecule has 3 amide bonds. The van der Waals surface area contributed by atoms with Gasteiger partial charge in [0.2, 0.25) is 5.91 Å². The van der Waals surface area contributed by atoms with Gasteiger partial charge in [0.25, 0.3) is 0 Å². The van der Waals surface area contributed by atoms with Gasteiger partial charge in [-0.15, -0.1) is 13.2 Å². The number of hydrogen-bond donors (Lipinski definition) is 2. The van der Waals surface area contributed by atoms with E-state index in [1.807, 2.05) is 13.0 Å². The zero-order chi connectivity index (χ0) is 22.2. The molecule has 2 heterocycles. The number of aromatic nitrogens is 1. The van der Waals surface area contributed by atoms with Crippen LogP contribution in [0.2, 0.25) is 0 Å². The quantitative estimate of drug-likeness (QED) is 0.727. The van der Waals surface area contributed by atoms with Gasteiger partial charge in [0.1, 0.15) is 12.3 Å². The molecule has 1 unspecified atom stereocenters. The number of carbonyl (C=O) groups excluding carboxylic acids is 2. The fraction of sp³-hybridized carbons (Fsp3) is 0.381. The zero-order valence-electron chi connectivity index (χ0n) is 16.7. The Morgan fingerprint density at radius 3 is 2.65 bits per heavy atom. The molecule has 2 aliphatic rings. The van der Waals surface area contributed by atoms with Crippen LogP contribution in [0.25, 0.3) is 0 Å². The van der Waals surface area contributed by atoms with Crippen molar-refractivity contribution in [2.75, 3.05) is 16.8 Å². The number of nitrogens with zero attached hydrogens (tertiary/aromatic N) is 2. The Balaban J connectivity index is 1.49. The maximum absolute atomic E-state index is 13.0. The molecule has 2 N–H and O–H groups in total. The van der Waals surface area contributed by atoms with Crippen LogP contribution in [0.5, 0.6) is 5.75 Å². The summed E-state index contributed by atoms with van der Waals surface area (Å²) in [4.78, 5) is 30.8. The van der Waals surface area contributed by atoms with E-state index in [2.05, 4.69) is 20.4 Å². The number of rotatable bonds is 5. The standard InChI is InChI=1S/C21H21F3N4O3/c1-2-16(13-5-7-15(8-6-13)31-21(22,23)24)27-20(30)28-11-18(29)26-17-9-14(12-3-4-12)10-25-19(17)28/h5-10,12,16H,2-4,11H2,1H3,(H,26,29)(H,27,30). The van der Waals surface area contributed by atoms with Crippen molar-refractivity contribution in [3.8, 4) is 5.75 Å². The summed E-state index contributed by atoms with van der Waals surface area (Å²) in [5.41, 5.74) is 2.15. The second-order valence-electron chi connectivity index (χ2n) is 7.58. The van der Waals surface area contributed by atoms with Crippen LogP contribution in [0.1, 0.15) is 49.3 Å². The van der Waals surface area contributed by atoms with E-state index in [0.29, 0.717) is 29.4 Å². The number of hydrogen-bond acceptors (Lipinski definition) is 4. The fourth-order valence-corrected chi connectivity index (χ4v) is 3.55. The molecule has 0 spiro atoms. The van der Waals surface area contributed by atoms with Crippen molar-refractivity contribution in [2.24, 2.45) is 0 Å². The SMILES string of the molecule is CCC(NC(=O)N1CC(=O)Nc2cc(C3CC3)cnc21)c1ccc(OC(F)(F)F)cc1. The van der Waals surface area contributed by atoms with E-state index in [4.69, 9.17) is 0 Å². The molecule has 1 aliphatic carbocycles. The van der Waals surface area contributed by atoms with Crippen molar-refractivity contribution in [1.29, 1.82) is 0 Å². The molecule has 7 nitrogen and oxygen atoms in total. The molecule has 164 valence electrons. The fourth-order valence-electron chi connectivity index (χ4n) is 3.55. The topological polar surface area (TPSA) is 83.6 Å². The van der Waals surface area contributed by atoms with Crippen molar-refractivity contribution >= 4 is 23.4 Å². The summed E-state index contributed by atoms with van der Waals surface area (Å²) in [7, 11) is 0. The van der Waals surface area contributed by atoms with Gasteiger partial charge in [-0.3, -0.25) is 9.69 Å². The van der Waals surface area contributed by atoms with Gasteiger partial charge in [0.15, 0.2) is 5.82 Å². The van der Waals surface area contributed by atoms with Crippen LogP contribution in [0, 0.1) is 0 Å². The van der Waals surface area contributed by atoms with E-state index >= 15 is 0 Å². The molecule has 0 bridgehead atoms. The summed E-state index contributed by atoms with van der Waals surface area (Å²) in [5, 5.41) is 5.60. The summed E-state index contributed by atoms with van der Waals surface area (Å²) in [6.45, 7) is 1.66. The number of ether oxygens (including phenoxy) is 1. The van der Waals surface area contributed by atoms with E-state index in [-0.39, 0.29) is 18.2 Å². The van der Waals surface area contributed by atoms with Crippen LogP contribution >= 0.6 is 0 Å². The number of alkyl halides is 3. The highest BCUT2D eigenvalue weighted by molar-refractivity contribution is 6.08. The van der Waals surface area contributed by atoms with E-state index in [1.165, 1.54) is 29.2 Å². The molecule has 1 fully saturated rings. The zero-order valence-corrected chi connectivity index (χ0v) is 16.7. The Kier molecular flexibility index (Phi) is 5.47. The highest BCUT2D eigenvalue weighted by atomic mass is 19.4. The van der Waals surface area contributed by atoms with Crippen LogP contribution < -0.4 is 20.3 Å². The summed E-state index contributed by atoms with van der Waals surface area (Å²) in [5.74, 6) is 0.159. The second kappa shape index (κ2) is 8.09. The van der Waals surface area contributed by atoms with Gasteiger partial charge in [-0.25, -0.2) is 9.78 Å². The highest BCUT2D eigenvalue weighted by Crippen LogP contribution is 2.42. The number of benzene rings is 1. The maximum Gasteiger partial charge on any atom is 0.573 e. The first kappa shape index (κ1) is 21.0. The first-order valence-electron chi connectivity index (χ1n) is 9.97. The maximum atomic E-state index is 13.0. The third kappa shape index (κ3) is 4.89. The van der Waals surface area contributed by atoms with Crippen LogP contribution in [-0.4, -0.2) is 29.8 Å². The summed E-state index contributed by atoms with van der Waals surface area (Å²) in [6, 6.07) is 6.20. The van der Waals surface area contributed by atoms with Crippen LogP contribution in [0.15, 0.2) is 36.5 Å². The van der Waals surface area contributed by atoms with Gasteiger partial charge in [-0.05, 0) is 54.5 Å². The van der Waals surface area contributed by atoms with Gasteiger partial charge in [0.05, 0.1) is 11.7 Å². The van der Waals surface area contributed by atoms with Gasteiger partial charge in [-0.1, -0.05) is 19.1 Å². The van der Waals surface area contributed by atoms with Crippen LogP contribution in [0.3, 0.4) is 0 Å². The number of amides is 3. The van der Waals surface area contributed by atoms with Crippen molar-refractivity contribution in [2.45, 2.75) is 44.5 Å². The number of urea groups is 1. The van der Waals surface area contributed by atoms with E-state index in [1.54, 1.807) is 6.20 Å². The lowest BCUT2D eigenvalue weighted by Gasteiger charge is -2.30. The second-order valence-corrected chi connectivity index (χ2v) is 7.58. The molecular formula is C21H21F3N4O3. The number of halogens is 3. The summed E-state index contributed by atoms with van der Waals surface area (Å²) in [6.07, 6.45) is -0.376. The molecule has 2 aromatic rings. The van der Waals surface area contributed by atoms with Crippen LogP contribution in [0.4, 0.5) is 29.5 Å². The smallest absolute Gasteiger partial charge is 0.406 e. The molecule has 1 atom stereocenters. The summed E-state index contributed by atoms with van der Waals surface area (Å²) >= 11 is 0. The van der Waals surface area contributed by atoms with Crippen molar-refractivity contribution in [3.63, 3.8) is 0 Å². The van der Waals surface area contributed by atoms with Gasteiger partial charge in [0, 0.05) is 6.20 Å². The first-order chi connectivity index (χ1) is 14.7. The monoisotopic (exact) mass is 434 g/mol. The Labute approximate surface area is 176 Å². The average Bonchev–Trinajstić information content (AvgIpc) is 3.55. The number of pyridine rings is 1. The van der Waals surface area contributed by atoms with Gasteiger partial charge < -0.3 is 15.4 Å². The number of carbonyl (C=O) groups is 2. The molecule has 10 heteroatoms. The van der Waals surface area contributed by atoms with Gasteiger partial charge in [-0.2, -0.15) is 0 Å². The molecular weight excluding hydrogens is 413 g/mol. The molecule has 0 radical (unpaired) electrons. The van der Waals surface area contributed by atoms with E-state index in [0.717, 1.165) is 18.4 Å². The lowest BCUT2D eigenvalue weighted by atomic mass is 10.0. The molecule has 1 aromatic carbocycles. The molecule has 1 saturated carbocycles. The summed E-state index contributed by atoms with van der Waals surface area (Å²) < 4.78 is 40.9. The number of nitrogens with one attached hydrogen (secondary N) is 2. The predicted molar refractivity (Wildman–Crippen MR) is 107 cm³/mol. The largest absolute Gasteiger partial charge is 0.573 e. The predicted octanol–water partition coefficient (Wildman–Crippen LogP) is 4.48. The van der Waals surface area contributed by atoms with Crippen LogP contribution in [-0.2, 0) is 4.79 Å². The average molecular weight is 434 g/mol. The van der Waals surface area contributed by atoms with Crippen molar-refractivity contribution < 1.29 is 27.5 Å². The third-order valence-electron chi connectivity index (χ3n) is 5.24. The van der Waals surface area contributed by atoms with Crippen molar-refractivity contribution in [1.82, 2.24) is 10.3 Å². The molecule has 1 aromatic heterocycles. The van der Waals surface area contributed by atoms with E-state index < -0.39 is 18.4 Å². The Hall–Kier alpha value is -3.30. The first-order valence-corrected chi connectivity index (χ1v) is 9.97. The molecule has 4 rings (SSSR count). The minimum Gasteiger partial charge on any atom is -0.406 e. The lowest BCUT2D eigenvalue weighted by molar-refractivity contribution is -0.274.